The monoisotopic (exact) mass is 299 g/mol. The third kappa shape index (κ3) is 5.73. The smallest absolute Gasteiger partial charge is 0.410 e. The van der Waals surface area contributed by atoms with Crippen molar-refractivity contribution >= 4 is 17.8 Å². The van der Waals surface area contributed by atoms with Gasteiger partial charge in [-0.15, -0.1) is 0 Å². The van der Waals surface area contributed by atoms with Crippen LogP contribution in [-0.4, -0.2) is 47.5 Å². The van der Waals surface area contributed by atoms with Gasteiger partial charge in [0.05, 0.1) is 12.6 Å². The third-order valence-electron chi connectivity index (χ3n) is 3.13. The van der Waals surface area contributed by atoms with Crippen LogP contribution in [0.1, 0.15) is 53.4 Å². The number of carbonyl (C=O) groups excluding carboxylic acids is 3. The lowest BCUT2D eigenvalue weighted by atomic mass is 9.97. The Bertz CT molecular complexity index is 399. The van der Waals surface area contributed by atoms with Gasteiger partial charge in [-0.1, -0.05) is 0 Å². The molecule has 0 aromatic carbocycles. The Labute approximate surface area is 125 Å². The molecule has 1 aliphatic rings. The largest absolute Gasteiger partial charge is 0.466 e. The van der Waals surface area contributed by atoms with Gasteiger partial charge < -0.3 is 9.47 Å². The van der Waals surface area contributed by atoms with Gasteiger partial charge in [0.25, 0.3) is 0 Å². The summed E-state index contributed by atoms with van der Waals surface area (Å²) >= 11 is 0. The minimum absolute atomic E-state index is 0.243. The molecule has 0 N–H and O–H groups in total. The predicted molar refractivity (Wildman–Crippen MR) is 76.8 cm³/mol. The summed E-state index contributed by atoms with van der Waals surface area (Å²) < 4.78 is 10.1. The molecule has 1 amide bonds. The van der Waals surface area contributed by atoms with Crippen LogP contribution >= 0.6 is 0 Å². The molecule has 1 heterocycles. The van der Waals surface area contributed by atoms with Gasteiger partial charge in [-0.3, -0.25) is 14.5 Å². The first kappa shape index (κ1) is 17.5. The van der Waals surface area contributed by atoms with Gasteiger partial charge in [-0.05, 0) is 47.0 Å². The molecule has 0 radical (unpaired) electrons. The minimum Gasteiger partial charge on any atom is -0.466 e. The average Bonchev–Trinajstić information content (AvgIpc) is 2.36. The molecule has 1 rings (SSSR count). The molecule has 120 valence electrons. The maximum absolute atomic E-state index is 12.2. The highest BCUT2D eigenvalue weighted by Crippen LogP contribution is 2.22. The molecule has 0 aromatic rings. The fourth-order valence-corrected chi connectivity index (χ4v) is 2.28. The fourth-order valence-electron chi connectivity index (χ4n) is 2.28. The molecule has 0 aliphatic carbocycles. The lowest BCUT2D eigenvalue weighted by Gasteiger charge is -2.35. The Hall–Kier alpha value is -1.59. The highest BCUT2D eigenvalue weighted by Gasteiger charge is 2.35. The van der Waals surface area contributed by atoms with Crippen molar-refractivity contribution in [3.8, 4) is 0 Å². The molecule has 0 bridgehead atoms. The van der Waals surface area contributed by atoms with Crippen molar-refractivity contribution in [2.75, 3.05) is 13.2 Å². The Morgan fingerprint density at radius 3 is 2.43 bits per heavy atom. The lowest BCUT2D eigenvalue weighted by molar-refractivity contribution is -0.146. The van der Waals surface area contributed by atoms with Crippen molar-refractivity contribution in [2.24, 2.45) is 0 Å². The number of ketones is 1. The third-order valence-corrected chi connectivity index (χ3v) is 3.13. The molecular weight excluding hydrogens is 274 g/mol. The van der Waals surface area contributed by atoms with Crippen LogP contribution in [0.25, 0.3) is 0 Å². The molecule has 0 aromatic heterocycles. The first-order chi connectivity index (χ1) is 9.74. The standard InChI is InChI=1S/C15H25NO5/c1-5-20-13(18)10-12(17)11-8-6-7-9-16(11)14(19)21-15(2,3)4/h11H,5-10H2,1-4H3/t11-/m0/s1. The Morgan fingerprint density at radius 2 is 1.86 bits per heavy atom. The summed E-state index contributed by atoms with van der Waals surface area (Å²) in [4.78, 5) is 37.3. The number of rotatable bonds is 4. The average molecular weight is 299 g/mol. The molecule has 1 atom stereocenters. The van der Waals surface area contributed by atoms with E-state index < -0.39 is 23.7 Å². The Balaban J connectivity index is 2.70. The van der Waals surface area contributed by atoms with E-state index in [-0.39, 0.29) is 18.8 Å². The second-order valence-electron chi connectivity index (χ2n) is 6.13. The SMILES string of the molecule is CCOC(=O)CC(=O)[C@@H]1CCCCN1C(=O)OC(C)(C)C. The summed E-state index contributed by atoms with van der Waals surface area (Å²) in [6.45, 7) is 7.76. The zero-order valence-corrected chi connectivity index (χ0v) is 13.3. The van der Waals surface area contributed by atoms with Crippen LogP contribution in [0.3, 0.4) is 0 Å². The summed E-state index contributed by atoms with van der Waals surface area (Å²) in [5, 5.41) is 0. The first-order valence-electron chi connectivity index (χ1n) is 7.42. The van der Waals surface area contributed by atoms with Gasteiger partial charge in [-0.2, -0.15) is 0 Å². The number of hydrogen-bond acceptors (Lipinski definition) is 5. The van der Waals surface area contributed by atoms with Crippen LogP contribution in [0.15, 0.2) is 0 Å². The van der Waals surface area contributed by atoms with Crippen LogP contribution in [0.4, 0.5) is 4.79 Å². The molecule has 21 heavy (non-hydrogen) atoms. The first-order valence-corrected chi connectivity index (χ1v) is 7.42. The number of hydrogen-bond donors (Lipinski definition) is 0. The second-order valence-corrected chi connectivity index (χ2v) is 6.13. The molecule has 0 saturated carbocycles. The van der Waals surface area contributed by atoms with Crippen LogP contribution in [0.5, 0.6) is 0 Å². The zero-order valence-electron chi connectivity index (χ0n) is 13.3. The summed E-state index contributed by atoms with van der Waals surface area (Å²) in [5.41, 5.74) is -0.608. The number of Topliss-reactive ketones (excluding diaryl/α,β-unsaturated/α-hetero) is 1. The molecular formula is C15H25NO5. The van der Waals surface area contributed by atoms with Crippen LogP contribution in [-0.2, 0) is 19.1 Å². The van der Waals surface area contributed by atoms with Crippen molar-refractivity contribution in [3.05, 3.63) is 0 Å². The van der Waals surface area contributed by atoms with Gasteiger partial charge in [0, 0.05) is 6.54 Å². The van der Waals surface area contributed by atoms with Gasteiger partial charge in [0.2, 0.25) is 0 Å². The summed E-state index contributed by atoms with van der Waals surface area (Å²) in [6, 6.07) is -0.585. The number of ether oxygens (including phenoxy) is 2. The highest BCUT2D eigenvalue weighted by atomic mass is 16.6. The van der Waals surface area contributed by atoms with E-state index in [4.69, 9.17) is 9.47 Å². The summed E-state index contributed by atoms with van der Waals surface area (Å²) in [5.74, 6) is -0.823. The fraction of sp³-hybridized carbons (Fsp3) is 0.800. The minimum atomic E-state index is -0.608. The van der Waals surface area contributed by atoms with Crippen LogP contribution in [0.2, 0.25) is 0 Å². The van der Waals surface area contributed by atoms with E-state index in [0.717, 1.165) is 12.8 Å². The molecule has 6 nitrogen and oxygen atoms in total. The van der Waals surface area contributed by atoms with E-state index in [1.807, 2.05) is 0 Å². The molecule has 1 fully saturated rings. The van der Waals surface area contributed by atoms with Gasteiger partial charge >= 0.3 is 12.1 Å². The van der Waals surface area contributed by atoms with Crippen LogP contribution in [0, 0.1) is 0 Å². The maximum Gasteiger partial charge on any atom is 0.410 e. The zero-order chi connectivity index (χ0) is 16.0. The maximum atomic E-state index is 12.2. The van der Waals surface area contributed by atoms with E-state index in [2.05, 4.69) is 0 Å². The van der Waals surface area contributed by atoms with Crippen LogP contribution < -0.4 is 0 Å². The quantitative estimate of drug-likeness (QED) is 0.588. The molecule has 6 heteroatoms. The lowest BCUT2D eigenvalue weighted by Crippen LogP contribution is -2.50. The van der Waals surface area contributed by atoms with Gasteiger partial charge in [-0.25, -0.2) is 4.79 Å². The van der Waals surface area contributed by atoms with E-state index in [0.29, 0.717) is 13.0 Å². The number of nitrogens with zero attached hydrogens (tertiary/aromatic N) is 1. The predicted octanol–water partition coefficient (Wildman–Crippen LogP) is 2.30. The summed E-state index contributed by atoms with van der Waals surface area (Å²) in [7, 11) is 0. The van der Waals surface area contributed by atoms with E-state index in [9.17, 15) is 14.4 Å². The van der Waals surface area contributed by atoms with Crippen molar-refractivity contribution < 1.29 is 23.9 Å². The van der Waals surface area contributed by atoms with Gasteiger partial charge in [0.15, 0.2) is 5.78 Å². The van der Waals surface area contributed by atoms with Crippen molar-refractivity contribution in [2.45, 2.75) is 65.0 Å². The van der Waals surface area contributed by atoms with Crippen molar-refractivity contribution in [1.82, 2.24) is 4.90 Å². The molecule has 0 spiro atoms. The Morgan fingerprint density at radius 1 is 1.19 bits per heavy atom. The van der Waals surface area contributed by atoms with E-state index in [1.165, 1.54) is 4.90 Å². The van der Waals surface area contributed by atoms with Crippen molar-refractivity contribution in [1.29, 1.82) is 0 Å². The second kappa shape index (κ2) is 7.43. The number of carbonyl (C=O) groups is 3. The number of amides is 1. The number of likely N-dealkylation sites (tertiary alicyclic amines) is 1. The highest BCUT2D eigenvalue weighted by molar-refractivity contribution is 5.99. The van der Waals surface area contributed by atoms with E-state index >= 15 is 0 Å². The molecule has 1 saturated heterocycles. The number of esters is 1. The van der Waals surface area contributed by atoms with Gasteiger partial charge in [0.1, 0.15) is 12.0 Å². The molecule has 0 unspecified atom stereocenters. The van der Waals surface area contributed by atoms with Crippen molar-refractivity contribution in [3.63, 3.8) is 0 Å². The summed E-state index contributed by atoms with van der Waals surface area (Å²) in [6.07, 6.45) is 1.47. The molecule has 1 aliphatic heterocycles. The topological polar surface area (TPSA) is 72.9 Å². The number of piperidine rings is 1. The normalized spacial score (nSPS) is 19.0. The Kier molecular flexibility index (Phi) is 6.18. The van der Waals surface area contributed by atoms with E-state index in [1.54, 1.807) is 27.7 Å².